The van der Waals surface area contributed by atoms with Crippen LogP contribution in [0.2, 0.25) is 0 Å². The number of nitrogens with one attached hydrogen (secondary N) is 2. The number of aromatic amines is 1. The van der Waals surface area contributed by atoms with E-state index in [1.54, 1.807) is 6.20 Å². The molecular weight excluding hydrogens is 307 g/mol. The molecule has 6 heteroatoms. The van der Waals surface area contributed by atoms with Crippen molar-refractivity contribution in [2.45, 2.75) is 25.7 Å². The Kier molecular flexibility index (Phi) is 3.34. The van der Waals surface area contributed by atoms with Crippen LogP contribution < -0.4 is 5.43 Å². The standard InChI is InChI=1S/C9H11IN4O/c10-7-5-11-13-8(7)9(15)14-12-6-3-1-2-4-6/h5H,1-4H2,(H,11,13)(H,14,15). The van der Waals surface area contributed by atoms with Gasteiger partial charge in [-0.25, -0.2) is 5.43 Å². The predicted octanol–water partition coefficient (Wildman–Crippen LogP) is 1.67. The first-order valence-corrected chi connectivity index (χ1v) is 5.90. The van der Waals surface area contributed by atoms with Gasteiger partial charge in [0.25, 0.3) is 5.91 Å². The number of carbonyl (C=O) groups is 1. The van der Waals surface area contributed by atoms with E-state index < -0.39 is 0 Å². The molecule has 0 spiro atoms. The van der Waals surface area contributed by atoms with Gasteiger partial charge >= 0.3 is 0 Å². The average molecular weight is 318 g/mol. The Bertz CT molecular complexity index is 391. The van der Waals surface area contributed by atoms with Gasteiger partial charge in [0.05, 0.1) is 9.77 Å². The molecular formula is C9H11IN4O. The number of hydrogen-bond donors (Lipinski definition) is 2. The minimum Gasteiger partial charge on any atom is -0.272 e. The second-order valence-electron chi connectivity index (χ2n) is 3.42. The van der Waals surface area contributed by atoms with Crippen LogP contribution in [0.1, 0.15) is 36.2 Å². The van der Waals surface area contributed by atoms with Crippen LogP contribution in [0, 0.1) is 3.57 Å². The third kappa shape index (κ3) is 2.55. The molecule has 1 aromatic rings. The molecule has 2 rings (SSSR count). The van der Waals surface area contributed by atoms with Crippen LogP contribution in [0.3, 0.4) is 0 Å². The lowest BCUT2D eigenvalue weighted by molar-refractivity contribution is 0.0949. The van der Waals surface area contributed by atoms with E-state index in [0.29, 0.717) is 5.69 Å². The van der Waals surface area contributed by atoms with Gasteiger partial charge in [-0.3, -0.25) is 9.89 Å². The molecule has 1 fully saturated rings. The monoisotopic (exact) mass is 318 g/mol. The molecule has 15 heavy (non-hydrogen) atoms. The topological polar surface area (TPSA) is 70.1 Å². The SMILES string of the molecule is O=C(NN=C1CCCC1)c1[nH]ncc1I. The van der Waals surface area contributed by atoms with Gasteiger partial charge in [-0.1, -0.05) is 0 Å². The smallest absolute Gasteiger partial charge is 0.272 e. The molecule has 0 bridgehead atoms. The summed E-state index contributed by atoms with van der Waals surface area (Å²) in [6, 6.07) is 0. The summed E-state index contributed by atoms with van der Waals surface area (Å²) in [5, 5.41) is 10.5. The minimum atomic E-state index is -0.226. The fourth-order valence-corrected chi connectivity index (χ4v) is 2.02. The number of halogens is 1. The quantitative estimate of drug-likeness (QED) is 0.643. The Morgan fingerprint density at radius 1 is 1.53 bits per heavy atom. The van der Waals surface area contributed by atoms with Gasteiger partial charge in [0.1, 0.15) is 5.69 Å². The number of aromatic nitrogens is 2. The Balaban J connectivity index is 1.98. The third-order valence-electron chi connectivity index (χ3n) is 2.32. The van der Waals surface area contributed by atoms with Crippen molar-refractivity contribution >= 4 is 34.2 Å². The van der Waals surface area contributed by atoms with Crippen LogP contribution >= 0.6 is 22.6 Å². The van der Waals surface area contributed by atoms with E-state index in [-0.39, 0.29) is 5.91 Å². The maximum absolute atomic E-state index is 11.6. The first-order chi connectivity index (χ1) is 7.27. The van der Waals surface area contributed by atoms with Crippen molar-refractivity contribution in [3.05, 3.63) is 15.5 Å². The summed E-state index contributed by atoms with van der Waals surface area (Å²) in [5.74, 6) is -0.226. The van der Waals surface area contributed by atoms with Crippen LogP contribution in [0.5, 0.6) is 0 Å². The number of nitrogens with zero attached hydrogens (tertiary/aromatic N) is 2. The number of hydrazone groups is 1. The Morgan fingerprint density at radius 3 is 2.87 bits per heavy atom. The van der Waals surface area contributed by atoms with Crippen LogP contribution in [-0.4, -0.2) is 21.8 Å². The molecule has 5 nitrogen and oxygen atoms in total. The Hall–Kier alpha value is -0.920. The molecule has 0 aliphatic heterocycles. The predicted molar refractivity (Wildman–Crippen MR) is 64.7 cm³/mol. The third-order valence-corrected chi connectivity index (χ3v) is 3.13. The van der Waals surface area contributed by atoms with Gasteiger partial charge in [0.2, 0.25) is 0 Å². The molecule has 1 saturated carbocycles. The zero-order chi connectivity index (χ0) is 10.7. The first-order valence-electron chi connectivity index (χ1n) is 4.82. The van der Waals surface area contributed by atoms with Gasteiger partial charge in [-0.05, 0) is 48.3 Å². The van der Waals surface area contributed by atoms with E-state index in [1.807, 2.05) is 0 Å². The van der Waals surface area contributed by atoms with E-state index in [9.17, 15) is 4.79 Å². The summed E-state index contributed by atoms with van der Waals surface area (Å²) in [5.41, 5.74) is 4.09. The molecule has 1 aliphatic carbocycles. The maximum Gasteiger partial charge on any atom is 0.290 e. The highest BCUT2D eigenvalue weighted by Crippen LogP contribution is 2.14. The van der Waals surface area contributed by atoms with E-state index in [1.165, 1.54) is 12.8 Å². The van der Waals surface area contributed by atoms with E-state index in [4.69, 9.17) is 0 Å². The molecule has 1 heterocycles. The minimum absolute atomic E-state index is 0.226. The molecule has 0 atom stereocenters. The van der Waals surface area contributed by atoms with Crippen molar-refractivity contribution in [2.75, 3.05) is 0 Å². The summed E-state index contributed by atoms with van der Waals surface area (Å²) in [7, 11) is 0. The fraction of sp³-hybridized carbons (Fsp3) is 0.444. The highest BCUT2D eigenvalue weighted by atomic mass is 127. The normalized spacial score (nSPS) is 15.4. The molecule has 1 aliphatic rings. The van der Waals surface area contributed by atoms with Crippen molar-refractivity contribution in [2.24, 2.45) is 5.10 Å². The largest absolute Gasteiger partial charge is 0.290 e. The highest BCUT2D eigenvalue weighted by Gasteiger charge is 2.12. The molecule has 0 radical (unpaired) electrons. The van der Waals surface area contributed by atoms with Gasteiger partial charge in [0.15, 0.2) is 0 Å². The van der Waals surface area contributed by atoms with E-state index in [2.05, 4.69) is 43.3 Å². The second kappa shape index (κ2) is 4.73. The maximum atomic E-state index is 11.6. The summed E-state index contributed by atoms with van der Waals surface area (Å²) < 4.78 is 0.803. The molecule has 0 saturated heterocycles. The molecule has 0 unspecified atom stereocenters. The van der Waals surface area contributed by atoms with E-state index >= 15 is 0 Å². The first kappa shape index (κ1) is 10.6. The second-order valence-corrected chi connectivity index (χ2v) is 4.58. The van der Waals surface area contributed by atoms with Crippen molar-refractivity contribution in [3.8, 4) is 0 Å². The summed E-state index contributed by atoms with van der Waals surface area (Å²) in [6.45, 7) is 0. The fourth-order valence-electron chi connectivity index (χ4n) is 1.51. The molecule has 1 aromatic heterocycles. The summed E-state index contributed by atoms with van der Waals surface area (Å²) >= 11 is 2.06. The Morgan fingerprint density at radius 2 is 2.27 bits per heavy atom. The van der Waals surface area contributed by atoms with Crippen LogP contribution in [0.4, 0.5) is 0 Å². The number of hydrogen-bond acceptors (Lipinski definition) is 3. The molecule has 80 valence electrons. The van der Waals surface area contributed by atoms with Gasteiger partial charge in [0, 0.05) is 5.71 Å². The van der Waals surface area contributed by atoms with Crippen molar-refractivity contribution < 1.29 is 4.79 Å². The number of rotatable bonds is 2. The molecule has 0 aromatic carbocycles. The molecule has 1 amide bonds. The van der Waals surface area contributed by atoms with Crippen molar-refractivity contribution in [1.82, 2.24) is 15.6 Å². The molecule has 2 N–H and O–H groups in total. The summed E-state index contributed by atoms with van der Waals surface area (Å²) in [6.07, 6.45) is 5.96. The number of carbonyl (C=O) groups excluding carboxylic acids is 1. The van der Waals surface area contributed by atoms with Crippen molar-refractivity contribution in [3.63, 3.8) is 0 Å². The van der Waals surface area contributed by atoms with Crippen LogP contribution in [-0.2, 0) is 0 Å². The zero-order valence-electron chi connectivity index (χ0n) is 8.09. The highest BCUT2D eigenvalue weighted by molar-refractivity contribution is 14.1. The lowest BCUT2D eigenvalue weighted by Gasteiger charge is -1.98. The summed E-state index contributed by atoms with van der Waals surface area (Å²) in [4.78, 5) is 11.6. The van der Waals surface area contributed by atoms with Gasteiger partial charge < -0.3 is 0 Å². The number of amides is 1. The van der Waals surface area contributed by atoms with Crippen LogP contribution in [0.15, 0.2) is 11.3 Å². The lowest BCUT2D eigenvalue weighted by Crippen LogP contribution is -2.20. The van der Waals surface area contributed by atoms with Gasteiger partial charge in [-0.2, -0.15) is 10.2 Å². The average Bonchev–Trinajstić information content (AvgIpc) is 2.84. The van der Waals surface area contributed by atoms with Crippen molar-refractivity contribution in [1.29, 1.82) is 0 Å². The lowest BCUT2D eigenvalue weighted by atomic mass is 10.3. The van der Waals surface area contributed by atoms with E-state index in [0.717, 1.165) is 22.1 Å². The zero-order valence-corrected chi connectivity index (χ0v) is 10.2. The van der Waals surface area contributed by atoms with Gasteiger partial charge in [-0.15, -0.1) is 0 Å². The number of H-pyrrole nitrogens is 1. The Labute approximate surface area is 101 Å². The van der Waals surface area contributed by atoms with Crippen LogP contribution in [0.25, 0.3) is 0 Å².